The number of oxime groups is 1. The maximum Gasteiger partial charge on any atom is 0.436 e. The number of nitrogens with one attached hydrogen (secondary N) is 2. The van der Waals surface area contributed by atoms with Crippen LogP contribution in [0.1, 0.15) is 58.6 Å². The van der Waals surface area contributed by atoms with Gasteiger partial charge in [-0.25, -0.2) is 14.4 Å². The molecule has 3 amide bonds. The molecule has 0 bridgehead atoms. The normalized spacial score (nSPS) is 16.1. The van der Waals surface area contributed by atoms with Crippen molar-refractivity contribution in [1.82, 2.24) is 10.6 Å². The lowest BCUT2D eigenvalue weighted by molar-refractivity contribution is -0.143. The summed E-state index contributed by atoms with van der Waals surface area (Å²) in [6, 6.07) is 5.76. The van der Waals surface area contributed by atoms with Crippen molar-refractivity contribution < 1.29 is 38.2 Å². The molecule has 2 rings (SSSR count). The van der Waals surface area contributed by atoms with E-state index in [4.69, 9.17) is 20.0 Å². The topological polar surface area (TPSA) is 180 Å². The summed E-state index contributed by atoms with van der Waals surface area (Å²) in [5.41, 5.74) is 7.14. The molecule has 2 atom stereocenters. The Morgan fingerprint density at radius 1 is 1.18 bits per heavy atom. The largest absolute Gasteiger partial charge is 0.467 e. The Kier molecular flexibility index (Phi) is 10.6. The molecule has 4 N–H and O–H groups in total. The minimum atomic E-state index is -1.11. The predicted octanol–water partition coefficient (Wildman–Crippen LogP) is 2.00. The molecule has 13 nitrogen and oxygen atoms in total. The van der Waals surface area contributed by atoms with E-state index in [1.807, 2.05) is 0 Å². The first kappa shape index (κ1) is 30.1. The number of nitrogens with zero attached hydrogens (tertiary/aromatic N) is 2. The van der Waals surface area contributed by atoms with Crippen molar-refractivity contribution >= 4 is 35.6 Å². The number of hydrogen-bond donors (Lipinski definition) is 3. The Labute approximate surface area is 221 Å². The van der Waals surface area contributed by atoms with Crippen LogP contribution in [0.25, 0.3) is 0 Å². The standard InChI is InChI=1S/C25H35N5O8/c1-14(2)36-23(33)28-19(22(32)35-6)13-27-20(31)12-17-11-18(30-38-17)15-7-9-16(10-8-15)21(26)29-24(34)37-25(3,4)5/h7-10,14,17,19H,11-13H2,1-6H3,(H,27,31)(H,28,33)(H2,26,29,34)/t17?,19-/m0/s1. The van der Waals surface area contributed by atoms with E-state index in [0.29, 0.717) is 17.7 Å². The zero-order valence-electron chi connectivity index (χ0n) is 22.4. The van der Waals surface area contributed by atoms with E-state index in [-0.39, 0.29) is 24.9 Å². The number of ether oxygens (including phenoxy) is 3. The molecule has 0 radical (unpaired) electrons. The Balaban J connectivity index is 1.87. The number of carbonyl (C=O) groups is 4. The van der Waals surface area contributed by atoms with Gasteiger partial charge in [0.1, 0.15) is 23.6 Å². The molecule has 1 aliphatic rings. The minimum absolute atomic E-state index is 0.0159. The molecule has 1 aromatic rings. The molecular formula is C25H35N5O8. The summed E-state index contributed by atoms with van der Waals surface area (Å²) in [5.74, 6) is -1.11. The van der Waals surface area contributed by atoms with Crippen LogP contribution in [0.15, 0.2) is 34.4 Å². The van der Waals surface area contributed by atoms with Gasteiger partial charge in [-0.2, -0.15) is 4.99 Å². The lowest BCUT2D eigenvalue weighted by atomic mass is 10.0. The van der Waals surface area contributed by atoms with Gasteiger partial charge in [-0.3, -0.25) is 4.79 Å². The molecule has 1 aromatic carbocycles. The van der Waals surface area contributed by atoms with E-state index in [2.05, 4.69) is 25.5 Å². The first-order chi connectivity index (χ1) is 17.8. The molecule has 0 spiro atoms. The number of carbonyl (C=O) groups excluding carboxylic acids is 4. The van der Waals surface area contributed by atoms with E-state index in [9.17, 15) is 19.2 Å². The third-order valence-electron chi connectivity index (χ3n) is 4.89. The van der Waals surface area contributed by atoms with Crippen LogP contribution in [0, 0.1) is 0 Å². The van der Waals surface area contributed by atoms with Gasteiger partial charge < -0.3 is 35.4 Å². The second-order valence-electron chi connectivity index (χ2n) is 9.71. The number of hydrogen-bond acceptors (Lipinski definition) is 9. The Hall–Kier alpha value is -4.16. The number of nitrogens with two attached hydrogens (primary N) is 1. The first-order valence-corrected chi connectivity index (χ1v) is 12.0. The van der Waals surface area contributed by atoms with E-state index >= 15 is 0 Å². The van der Waals surface area contributed by atoms with Crippen LogP contribution in [-0.2, 0) is 28.6 Å². The summed E-state index contributed by atoms with van der Waals surface area (Å²) in [6.45, 7) is 8.34. The summed E-state index contributed by atoms with van der Waals surface area (Å²) < 4.78 is 14.8. The van der Waals surface area contributed by atoms with Gasteiger partial charge in [-0.05, 0) is 40.2 Å². The van der Waals surface area contributed by atoms with Crippen molar-refractivity contribution in [2.75, 3.05) is 13.7 Å². The van der Waals surface area contributed by atoms with Crippen molar-refractivity contribution in [3.8, 4) is 0 Å². The highest BCUT2D eigenvalue weighted by Crippen LogP contribution is 2.19. The summed E-state index contributed by atoms with van der Waals surface area (Å²) >= 11 is 0. The van der Waals surface area contributed by atoms with Gasteiger partial charge in [0.25, 0.3) is 0 Å². The maximum absolute atomic E-state index is 12.4. The first-order valence-electron chi connectivity index (χ1n) is 12.0. The number of esters is 1. The number of methoxy groups -OCH3 is 1. The van der Waals surface area contributed by atoms with Crippen LogP contribution in [0.5, 0.6) is 0 Å². The average Bonchev–Trinajstić information content (AvgIpc) is 3.27. The van der Waals surface area contributed by atoms with Crippen LogP contribution < -0.4 is 16.4 Å². The summed E-state index contributed by atoms with van der Waals surface area (Å²) in [6.07, 6.45) is -2.13. The van der Waals surface area contributed by atoms with Crippen molar-refractivity contribution in [3.63, 3.8) is 0 Å². The third-order valence-corrected chi connectivity index (χ3v) is 4.89. The fourth-order valence-electron chi connectivity index (χ4n) is 3.21. The Bertz CT molecular complexity index is 1080. The second-order valence-corrected chi connectivity index (χ2v) is 9.71. The SMILES string of the molecule is COC(=O)[C@H](CNC(=O)CC1CC(c2ccc(/C(N)=N\C(=O)OC(C)(C)C)cc2)=NO1)NC(=O)OC(C)C. The van der Waals surface area contributed by atoms with Crippen molar-refractivity contribution in [1.29, 1.82) is 0 Å². The number of amides is 3. The summed E-state index contributed by atoms with van der Waals surface area (Å²) in [4.78, 5) is 57.2. The molecule has 1 aliphatic heterocycles. The average molecular weight is 534 g/mol. The van der Waals surface area contributed by atoms with Crippen molar-refractivity contribution in [3.05, 3.63) is 35.4 Å². The molecule has 0 saturated carbocycles. The van der Waals surface area contributed by atoms with Crippen molar-refractivity contribution in [2.45, 2.75) is 71.3 Å². The fourth-order valence-corrected chi connectivity index (χ4v) is 3.21. The highest BCUT2D eigenvalue weighted by Gasteiger charge is 2.27. The van der Waals surface area contributed by atoms with Gasteiger partial charge in [0.05, 0.1) is 25.3 Å². The molecule has 0 saturated heterocycles. The Morgan fingerprint density at radius 2 is 1.84 bits per heavy atom. The molecule has 208 valence electrons. The van der Waals surface area contributed by atoms with Gasteiger partial charge in [-0.15, -0.1) is 0 Å². The van der Waals surface area contributed by atoms with Crippen molar-refractivity contribution in [2.24, 2.45) is 15.9 Å². The summed E-state index contributed by atoms with van der Waals surface area (Å²) in [7, 11) is 1.17. The van der Waals surface area contributed by atoms with E-state index in [0.717, 1.165) is 5.56 Å². The van der Waals surface area contributed by atoms with Gasteiger partial charge >= 0.3 is 18.2 Å². The fraction of sp³-hybridized carbons (Fsp3) is 0.520. The highest BCUT2D eigenvalue weighted by molar-refractivity contribution is 6.05. The highest BCUT2D eigenvalue weighted by atomic mass is 16.6. The molecule has 1 heterocycles. The monoisotopic (exact) mass is 533 g/mol. The van der Waals surface area contributed by atoms with Crippen LogP contribution in [-0.4, -0.2) is 73.1 Å². The van der Waals surface area contributed by atoms with Gasteiger partial charge in [0.2, 0.25) is 5.91 Å². The number of aliphatic imine (C=N–C) groups is 1. The molecule has 13 heteroatoms. The van der Waals surface area contributed by atoms with Gasteiger partial charge in [0.15, 0.2) is 0 Å². The zero-order valence-corrected chi connectivity index (χ0v) is 22.4. The molecule has 1 unspecified atom stereocenters. The van der Waals surface area contributed by atoms with Gasteiger partial charge in [0, 0.05) is 18.5 Å². The number of rotatable bonds is 9. The lowest BCUT2D eigenvalue weighted by Gasteiger charge is -2.18. The minimum Gasteiger partial charge on any atom is -0.467 e. The maximum atomic E-state index is 12.4. The van der Waals surface area contributed by atoms with E-state index < -0.39 is 41.8 Å². The molecule has 0 aliphatic carbocycles. The van der Waals surface area contributed by atoms with Crippen LogP contribution in [0.3, 0.4) is 0 Å². The van der Waals surface area contributed by atoms with Crippen LogP contribution in [0.2, 0.25) is 0 Å². The number of alkyl carbamates (subject to hydrolysis) is 1. The lowest BCUT2D eigenvalue weighted by Crippen LogP contribution is -2.49. The number of benzene rings is 1. The quantitative estimate of drug-likeness (QED) is 0.185. The smallest absolute Gasteiger partial charge is 0.436 e. The molecule has 0 fully saturated rings. The third kappa shape index (κ3) is 10.1. The van der Waals surface area contributed by atoms with E-state index in [1.165, 1.54) is 7.11 Å². The van der Waals surface area contributed by atoms with Crippen LogP contribution >= 0.6 is 0 Å². The van der Waals surface area contributed by atoms with Gasteiger partial charge in [-0.1, -0.05) is 29.4 Å². The predicted molar refractivity (Wildman–Crippen MR) is 138 cm³/mol. The molecular weight excluding hydrogens is 498 g/mol. The molecule has 38 heavy (non-hydrogen) atoms. The van der Waals surface area contributed by atoms with Crippen LogP contribution in [0.4, 0.5) is 9.59 Å². The molecule has 0 aromatic heterocycles. The summed E-state index contributed by atoms with van der Waals surface area (Å²) in [5, 5.41) is 9.00. The number of amidine groups is 1. The zero-order chi connectivity index (χ0) is 28.5. The Morgan fingerprint density at radius 3 is 2.42 bits per heavy atom. The second kappa shape index (κ2) is 13.4. The van der Waals surface area contributed by atoms with E-state index in [1.54, 1.807) is 58.9 Å².